The zero-order valence-corrected chi connectivity index (χ0v) is 15.4. The maximum Gasteiger partial charge on any atom is 0.257 e. The van der Waals surface area contributed by atoms with Crippen molar-refractivity contribution in [1.29, 1.82) is 0 Å². The quantitative estimate of drug-likeness (QED) is 0.887. The molecule has 138 valence electrons. The lowest BCUT2D eigenvalue weighted by atomic mass is 10.00. The van der Waals surface area contributed by atoms with Crippen LogP contribution in [0.4, 0.5) is 11.6 Å². The number of nitrogens with zero attached hydrogens (tertiary/aromatic N) is 3. The lowest BCUT2D eigenvalue weighted by Gasteiger charge is -2.30. The van der Waals surface area contributed by atoms with Crippen LogP contribution in [0.1, 0.15) is 30.1 Å². The zero-order valence-electron chi connectivity index (χ0n) is 15.4. The minimum Gasteiger partial charge on any atom is -0.497 e. The molecule has 0 bridgehead atoms. The molecule has 0 spiro atoms. The Morgan fingerprint density at radius 1 is 1.23 bits per heavy atom. The van der Waals surface area contributed by atoms with Gasteiger partial charge in [0.2, 0.25) is 5.95 Å². The van der Waals surface area contributed by atoms with E-state index in [1.165, 1.54) is 6.42 Å². The smallest absolute Gasteiger partial charge is 0.257 e. The fourth-order valence-corrected chi connectivity index (χ4v) is 3.09. The zero-order chi connectivity index (χ0) is 18.5. The Balaban J connectivity index is 1.73. The van der Waals surface area contributed by atoms with E-state index in [1.54, 1.807) is 38.7 Å². The summed E-state index contributed by atoms with van der Waals surface area (Å²) in [6, 6.07) is 5.42. The van der Waals surface area contributed by atoms with Crippen LogP contribution in [0.25, 0.3) is 0 Å². The predicted octanol–water partition coefficient (Wildman–Crippen LogP) is 3.11. The molecule has 1 aromatic heterocycles. The number of hydrogen-bond donors (Lipinski definition) is 1. The molecule has 2 heterocycles. The van der Waals surface area contributed by atoms with E-state index in [0.717, 1.165) is 19.5 Å². The van der Waals surface area contributed by atoms with Gasteiger partial charge in [-0.15, -0.1) is 0 Å². The number of carbonyl (C=O) groups is 1. The maximum absolute atomic E-state index is 12.6. The third kappa shape index (κ3) is 4.04. The first kappa shape index (κ1) is 18.0. The number of carbonyl (C=O) groups excluding carboxylic acids is 1. The Hall–Kier alpha value is -2.83. The van der Waals surface area contributed by atoms with Gasteiger partial charge >= 0.3 is 0 Å². The highest BCUT2D eigenvalue weighted by Crippen LogP contribution is 2.30. The lowest BCUT2D eigenvalue weighted by molar-refractivity contribution is 0.0682. The highest BCUT2D eigenvalue weighted by Gasteiger charge is 2.22. The van der Waals surface area contributed by atoms with Crippen molar-refractivity contribution in [2.75, 3.05) is 32.6 Å². The third-order valence-corrected chi connectivity index (χ3v) is 4.50. The van der Waals surface area contributed by atoms with Gasteiger partial charge in [-0.05, 0) is 30.9 Å². The summed E-state index contributed by atoms with van der Waals surface area (Å²) in [7, 11) is 3.19. The van der Waals surface area contributed by atoms with Gasteiger partial charge in [0.25, 0.3) is 5.91 Å². The number of anilines is 2. The summed E-state index contributed by atoms with van der Waals surface area (Å²) in [4.78, 5) is 23.0. The van der Waals surface area contributed by atoms with Crippen molar-refractivity contribution < 1.29 is 14.3 Å². The summed E-state index contributed by atoms with van der Waals surface area (Å²) in [6.45, 7) is 3.76. The van der Waals surface area contributed by atoms with Crippen molar-refractivity contribution in [3.63, 3.8) is 0 Å². The highest BCUT2D eigenvalue weighted by molar-refractivity contribution is 5.93. The van der Waals surface area contributed by atoms with Crippen LogP contribution in [0.15, 0.2) is 30.6 Å². The first-order valence-corrected chi connectivity index (χ1v) is 8.71. The molecule has 1 aliphatic heterocycles. The van der Waals surface area contributed by atoms with E-state index in [1.807, 2.05) is 11.0 Å². The van der Waals surface area contributed by atoms with E-state index in [0.29, 0.717) is 34.6 Å². The van der Waals surface area contributed by atoms with Crippen molar-refractivity contribution in [3.05, 3.63) is 36.2 Å². The topological polar surface area (TPSA) is 76.6 Å². The van der Waals surface area contributed by atoms with Crippen molar-refractivity contribution >= 4 is 17.5 Å². The first-order valence-electron chi connectivity index (χ1n) is 8.71. The molecule has 3 rings (SSSR count). The monoisotopic (exact) mass is 356 g/mol. The number of likely N-dealkylation sites (tertiary alicyclic amines) is 1. The Labute approximate surface area is 153 Å². The minimum absolute atomic E-state index is 0.0120. The molecule has 1 N–H and O–H groups in total. The summed E-state index contributed by atoms with van der Waals surface area (Å²) < 4.78 is 10.6. The van der Waals surface area contributed by atoms with Crippen LogP contribution in [0, 0.1) is 5.92 Å². The van der Waals surface area contributed by atoms with Crippen molar-refractivity contribution in [1.82, 2.24) is 14.9 Å². The molecule has 1 aromatic carbocycles. The summed E-state index contributed by atoms with van der Waals surface area (Å²) in [6.07, 6.45) is 5.34. The first-order chi connectivity index (χ1) is 12.6. The van der Waals surface area contributed by atoms with Crippen LogP contribution in [0.5, 0.6) is 11.5 Å². The molecule has 1 atom stereocenters. The van der Waals surface area contributed by atoms with Gasteiger partial charge in [0, 0.05) is 31.5 Å². The Bertz CT molecular complexity index is 764. The van der Waals surface area contributed by atoms with Crippen molar-refractivity contribution in [2.45, 2.75) is 19.8 Å². The molecule has 26 heavy (non-hydrogen) atoms. The van der Waals surface area contributed by atoms with E-state index in [4.69, 9.17) is 9.47 Å². The maximum atomic E-state index is 12.6. The predicted molar refractivity (Wildman–Crippen MR) is 99.2 cm³/mol. The van der Waals surface area contributed by atoms with Crippen LogP contribution in [0.2, 0.25) is 0 Å². The Morgan fingerprint density at radius 2 is 2.00 bits per heavy atom. The molecule has 1 amide bonds. The van der Waals surface area contributed by atoms with Gasteiger partial charge < -0.3 is 19.7 Å². The van der Waals surface area contributed by atoms with Gasteiger partial charge in [0.1, 0.15) is 11.5 Å². The molecular weight excluding hydrogens is 332 g/mol. The van der Waals surface area contributed by atoms with E-state index in [9.17, 15) is 4.79 Å². The summed E-state index contributed by atoms with van der Waals surface area (Å²) in [5, 5.41) is 3.10. The van der Waals surface area contributed by atoms with Gasteiger partial charge in [-0.2, -0.15) is 0 Å². The number of methoxy groups -OCH3 is 2. The number of nitrogens with one attached hydrogen (secondary N) is 1. The number of ether oxygens (including phenoxy) is 2. The van der Waals surface area contributed by atoms with Crippen molar-refractivity contribution in [2.24, 2.45) is 5.92 Å². The molecule has 1 fully saturated rings. The average Bonchev–Trinajstić information content (AvgIpc) is 2.68. The molecule has 7 nitrogen and oxygen atoms in total. The molecule has 7 heteroatoms. The highest BCUT2D eigenvalue weighted by atomic mass is 16.5. The second kappa shape index (κ2) is 8.03. The van der Waals surface area contributed by atoms with Gasteiger partial charge in [0.05, 0.1) is 25.5 Å². The van der Waals surface area contributed by atoms with Gasteiger partial charge in [-0.3, -0.25) is 4.79 Å². The molecule has 0 radical (unpaired) electrons. The lowest BCUT2D eigenvalue weighted by Crippen LogP contribution is -2.39. The molecular formula is C19H24N4O3. The number of amides is 1. The normalized spacial score (nSPS) is 16.9. The summed E-state index contributed by atoms with van der Waals surface area (Å²) >= 11 is 0. The van der Waals surface area contributed by atoms with Gasteiger partial charge in [-0.1, -0.05) is 6.92 Å². The molecule has 0 saturated carbocycles. The SMILES string of the molecule is COc1ccc(OC)c(Nc2ncc(C(=O)N3CCCC(C)C3)cn2)c1. The fraction of sp³-hybridized carbons (Fsp3) is 0.421. The van der Waals surface area contributed by atoms with Crippen LogP contribution < -0.4 is 14.8 Å². The standard InChI is InChI=1S/C19H24N4O3/c1-13-5-4-8-23(12-13)18(24)14-10-20-19(21-11-14)22-16-9-15(25-2)6-7-17(16)26-3/h6-7,9-11,13H,4-5,8,12H2,1-3H3,(H,20,21,22). The largest absolute Gasteiger partial charge is 0.497 e. The van der Waals surface area contributed by atoms with E-state index in [2.05, 4.69) is 22.2 Å². The van der Waals surface area contributed by atoms with E-state index >= 15 is 0 Å². The second-order valence-electron chi connectivity index (χ2n) is 6.49. The average molecular weight is 356 g/mol. The fourth-order valence-electron chi connectivity index (χ4n) is 3.09. The van der Waals surface area contributed by atoms with Crippen LogP contribution >= 0.6 is 0 Å². The summed E-state index contributed by atoms with van der Waals surface area (Å²) in [5.41, 5.74) is 1.19. The third-order valence-electron chi connectivity index (χ3n) is 4.50. The minimum atomic E-state index is -0.0120. The molecule has 0 aliphatic carbocycles. The van der Waals surface area contributed by atoms with Crippen LogP contribution in [-0.4, -0.2) is 48.1 Å². The molecule has 1 saturated heterocycles. The van der Waals surface area contributed by atoms with Gasteiger partial charge in [-0.25, -0.2) is 9.97 Å². The van der Waals surface area contributed by atoms with Crippen LogP contribution in [0.3, 0.4) is 0 Å². The van der Waals surface area contributed by atoms with Gasteiger partial charge in [0.15, 0.2) is 0 Å². The number of aromatic nitrogens is 2. The van der Waals surface area contributed by atoms with Crippen molar-refractivity contribution in [3.8, 4) is 11.5 Å². The Kier molecular flexibility index (Phi) is 5.55. The van der Waals surface area contributed by atoms with E-state index < -0.39 is 0 Å². The molecule has 1 unspecified atom stereocenters. The number of piperidine rings is 1. The summed E-state index contributed by atoms with van der Waals surface area (Å²) in [5.74, 6) is 2.26. The van der Waals surface area contributed by atoms with E-state index in [-0.39, 0.29) is 5.91 Å². The second-order valence-corrected chi connectivity index (χ2v) is 6.49. The van der Waals surface area contributed by atoms with Crippen LogP contribution in [-0.2, 0) is 0 Å². The number of hydrogen-bond acceptors (Lipinski definition) is 6. The molecule has 1 aliphatic rings. The molecule has 2 aromatic rings. The number of benzene rings is 1. The Morgan fingerprint density at radius 3 is 2.65 bits per heavy atom. The number of rotatable bonds is 5.